The van der Waals surface area contributed by atoms with Gasteiger partial charge in [-0.15, -0.1) is 11.3 Å². The lowest BCUT2D eigenvalue weighted by Gasteiger charge is -2.14. The van der Waals surface area contributed by atoms with Gasteiger partial charge in [0.2, 0.25) is 0 Å². The predicted molar refractivity (Wildman–Crippen MR) is 114 cm³/mol. The predicted octanol–water partition coefficient (Wildman–Crippen LogP) is 4.18. The molecule has 1 N–H and O–H groups in total. The molecule has 154 valence electrons. The second-order valence-corrected chi connectivity index (χ2v) is 7.64. The highest BCUT2D eigenvalue weighted by atomic mass is 32.1. The van der Waals surface area contributed by atoms with Gasteiger partial charge in [-0.2, -0.15) is 0 Å². The van der Waals surface area contributed by atoms with Crippen LogP contribution in [0.15, 0.2) is 57.3 Å². The van der Waals surface area contributed by atoms with Gasteiger partial charge in [-0.3, -0.25) is 14.2 Å². The van der Waals surface area contributed by atoms with Gasteiger partial charge in [-0.25, -0.2) is 4.98 Å². The Balaban J connectivity index is 1.83. The number of hydrogen-bond donors (Lipinski definition) is 1. The van der Waals surface area contributed by atoms with Crippen LogP contribution < -0.4 is 10.3 Å². The number of carboxylic acids is 1. The van der Waals surface area contributed by atoms with Gasteiger partial charge >= 0.3 is 5.97 Å². The number of ether oxygens (including phenoxy) is 1. The molecule has 0 fully saturated rings. The van der Waals surface area contributed by atoms with Gasteiger partial charge in [0.05, 0.1) is 18.8 Å². The number of fused-ring (bicyclic) bond motifs is 1. The second-order valence-electron chi connectivity index (χ2n) is 6.78. The van der Waals surface area contributed by atoms with Crippen LogP contribution in [0.3, 0.4) is 0 Å². The Morgan fingerprint density at radius 1 is 1.27 bits per heavy atom. The van der Waals surface area contributed by atoms with Crippen molar-refractivity contribution in [2.24, 2.45) is 0 Å². The standard InChI is InChI=1S/C22H20N2O5S/c1-28-16-7-3-2-6-14(16)12-18-23-21-20(15(13-30-21)17-8-5-11-29-17)22(27)24(18)10-4-9-19(25)26/h2-3,5-8,11,13H,4,9-10,12H2,1H3,(H,25,26). The average molecular weight is 424 g/mol. The first-order chi connectivity index (χ1) is 14.6. The third kappa shape index (κ3) is 3.86. The van der Waals surface area contributed by atoms with Gasteiger partial charge in [-0.1, -0.05) is 18.2 Å². The summed E-state index contributed by atoms with van der Waals surface area (Å²) in [6, 6.07) is 11.2. The van der Waals surface area contributed by atoms with Crippen LogP contribution in [0, 0.1) is 0 Å². The molecule has 0 saturated heterocycles. The summed E-state index contributed by atoms with van der Waals surface area (Å²) >= 11 is 1.39. The number of thiophene rings is 1. The number of benzene rings is 1. The quantitative estimate of drug-likeness (QED) is 0.456. The molecule has 0 bridgehead atoms. The molecule has 0 unspecified atom stereocenters. The molecule has 0 amide bonds. The van der Waals surface area contributed by atoms with Gasteiger partial charge < -0.3 is 14.3 Å². The van der Waals surface area contributed by atoms with E-state index < -0.39 is 5.97 Å². The summed E-state index contributed by atoms with van der Waals surface area (Å²) in [5, 5.41) is 11.4. The first kappa shape index (κ1) is 19.9. The van der Waals surface area contributed by atoms with Gasteiger partial charge in [0, 0.05) is 35.9 Å². The molecular weight excluding hydrogens is 404 g/mol. The molecule has 0 aliphatic carbocycles. The minimum atomic E-state index is -0.893. The zero-order valence-electron chi connectivity index (χ0n) is 16.3. The zero-order valence-corrected chi connectivity index (χ0v) is 17.1. The van der Waals surface area contributed by atoms with E-state index in [0.717, 1.165) is 5.56 Å². The van der Waals surface area contributed by atoms with Crippen molar-refractivity contribution in [3.63, 3.8) is 0 Å². The molecule has 0 saturated carbocycles. The summed E-state index contributed by atoms with van der Waals surface area (Å²) in [6.45, 7) is 0.270. The van der Waals surface area contributed by atoms with Crippen molar-refractivity contribution in [1.29, 1.82) is 0 Å². The number of nitrogens with zero attached hydrogens (tertiary/aromatic N) is 2. The van der Waals surface area contributed by atoms with Crippen molar-refractivity contribution in [1.82, 2.24) is 9.55 Å². The highest BCUT2D eigenvalue weighted by Crippen LogP contribution is 2.32. The number of methoxy groups -OCH3 is 1. The first-order valence-corrected chi connectivity index (χ1v) is 10.3. The fourth-order valence-electron chi connectivity index (χ4n) is 3.45. The van der Waals surface area contributed by atoms with E-state index in [9.17, 15) is 9.59 Å². The summed E-state index contributed by atoms with van der Waals surface area (Å²) in [4.78, 5) is 29.8. The summed E-state index contributed by atoms with van der Waals surface area (Å²) in [5.41, 5.74) is 1.41. The Kier molecular flexibility index (Phi) is 5.67. The highest BCUT2D eigenvalue weighted by molar-refractivity contribution is 7.17. The van der Waals surface area contributed by atoms with Crippen molar-refractivity contribution in [2.75, 3.05) is 7.11 Å². The minimum absolute atomic E-state index is 0.0206. The Bertz CT molecular complexity index is 1240. The summed E-state index contributed by atoms with van der Waals surface area (Å²) < 4.78 is 12.5. The van der Waals surface area contributed by atoms with E-state index in [0.29, 0.717) is 46.0 Å². The van der Waals surface area contributed by atoms with Crippen LogP contribution in [-0.4, -0.2) is 27.7 Å². The maximum absolute atomic E-state index is 13.5. The maximum atomic E-state index is 13.5. The lowest BCUT2D eigenvalue weighted by atomic mass is 10.1. The van der Waals surface area contributed by atoms with E-state index in [1.165, 1.54) is 11.3 Å². The van der Waals surface area contributed by atoms with E-state index in [1.54, 1.807) is 30.1 Å². The smallest absolute Gasteiger partial charge is 0.303 e. The summed E-state index contributed by atoms with van der Waals surface area (Å²) in [7, 11) is 1.60. The fraction of sp³-hybridized carbons (Fsp3) is 0.227. The largest absolute Gasteiger partial charge is 0.496 e. The number of carbonyl (C=O) groups is 1. The second kappa shape index (κ2) is 8.54. The lowest BCUT2D eigenvalue weighted by Crippen LogP contribution is -2.26. The lowest BCUT2D eigenvalue weighted by molar-refractivity contribution is -0.137. The SMILES string of the molecule is COc1ccccc1Cc1nc2scc(-c3ccco3)c2c(=O)n1CCCC(=O)O. The molecule has 3 aromatic heterocycles. The first-order valence-electron chi connectivity index (χ1n) is 9.47. The molecular formula is C22H20N2O5S. The Labute approximate surface area is 176 Å². The summed E-state index contributed by atoms with van der Waals surface area (Å²) in [6.07, 6.45) is 2.28. The topological polar surface area (TPSA) is 94.6 Å². The Morgan fingerprint density at radius 3 is 2.83 bits per heavy atom. The molecule has 0 aliphatic rings. The average Bonchev–Trinajstić information content (AvgIpc) is 3.40. The zero-order chi connectivity index (χ0) is 21.1. The Morgan fingerprint density at radius 2 is 2.10 bits per heavy atom. The molecule has 0 aliphatic heterocycles. The number of furan rings is 1. The van der Waals surface area contributed by atoms with Crippen LogP contribution >= 0.6 is 11.3 Å². The highest BCUT2D eigenvalue weighted by Gasteiger charge is 2.19. The molecule has 3 heterocycles. The van der Waals surface area contributed by atoms with Crippen LogP contribution in [0.4, 0.5) is 0 Å². The van der Waals surface area contributed by atoms with Gasteiger partial charge in [-0.05, 0) is 24.6 Å². The molecule has 30 heavy (non-hydrogen) atoms. The van der Waals surface area contributed by atoms with Gasteiger partial charge in [0.25, 0.3) is 5.56 Å². The molecule has 8 heteroatoms. The molecule has 4 aromatic rings. The monoisotopic (exact) mass is 424 g/mol. The van der Waals surface area contributed by atoms with Crippen LogP contribution in [0.1, 0.15) is 24.2 Å². The number of aromatic nitrogens is 2. The van der Waals surface area contributed by atoms with Crippen molar-refractivity contribution < 1.29 is 19.1 Å². The summed E-state index contributed by atoms with van der Waals surface area (Å²) in [5.74, 6) is 1.01. The minimum Gasteiger partial charge on any atom is -0.496 e. The molecule has 0 radical (unpaired) electrons. The van der Waals surface area contributed by atoms with E-state index in [2.05, 4.69) is 0 Å². The third-order valence-electron chi connectivity index (χ3n) is 4.87. The number of rotatable bonds is 8. The van der Waals surface area contributed by atoms with Crippen molar-refractivity contribution >= 4 is 27.5 Å². The van der Waals surface area contributed by atoms with E-state index in [1.807, 2.05) is 29.6 Å². The molecule has 7 nitrogen and oxygen atoms in total. The van der Waals surface area contributed by atoms with Crippen LogP contribution in [0.5, 0.6) is 5.75 Å². The van der Waals surface area contributed by atoms with Crippen LogP contribution in [0.25, 0.3) is 21.5 Å². The number of carboxylic acid groups (broad SMARTS) is 1. The number of para-hydroxylation sites is 1. The Hall–Kier alpha value is -3.39. The molecule has 4 rings (SSSR count). The van der Waals surface area contributed by atoms with Crippen LogP contribution in [0.2, 0.25) is 0 Å². The van der Waals surface area contributed by atoms with E-state index in [4.69, 9.17) is 19.2 Å². The van der Waals surface area contributed by atoms with E-state index >= 15 is 0 Å². The van der Waals surface area contributed by atoms with Gasteiger partial charge in [0.15, 0.2) is 0 Å². The normalized spacial score (nSPS) is 11.1. The molecule has 1 aromatic carbocycles. The molecule has 0 atom stereocenters. The van der Waals surface area contributed by atoms with Crippen molar-refractivity contribution in [3.8, 4) is 17.1 Å². The van der Waals surface area contributed by atoms with Crippen LogP contribution in [-0.2, 0) is 17.8 Å². The maximum Gasteiger partial charge on any atom is 0.303 e. The number of aliphatic carboxylic acids is 1. The third-order valence-corrected chi connectivity index (χ3v) is 5.75. The van der Waals surface area contributed by atoms with E-state index in [-0.39, 0.29) is 18.5 Å². The molecule has 0 spiro atoms. The fourth-order valence-corrected chi connectivity index (χ4v) is 4.39. The number of hydrogen-bond acceptors (Lipinski definition) is 6. The van der Waals surface area contributed by atoms with Gasteiger partial charge in [0.1, 0.15) is 22.2 Å². The van der Waals surface area contributed by atoms with Crippen molar-refractivity contribution in [2.45, 2.75) is 25.8 Å². The van der Waals surface area contributed by atoms with Crippen molar-refractivity contribution in [3.05, 3.63) is 69.8 Å².